The van der Waals surface area contributed by atoms with Crippen molar-refractivity contribution in [3.05, 3.63) is 57.6 Å². The molecular formula is C25H31Cl3O4. The molecule has 0 fully saturated rings. The standard InChI is InChI=1S/C25H31Cl3O4/c1-6-16(2)14-30-23-9-7-18(11-21(23)27)25(4,5)19-8-10-24(22(28)12-19)31-15-20(13-26)32-17(3)29/h7-12,16,20H,6,13-15H2,1-5H3/t16-,20-/m1/s1. The first-order chi connectivity index (χ1) is 15.1. The predicted octanol–water partition coefficient (Wildman–Crippen LogP) is 7.29. The van der Waals surface area contributed by atoms with Gasteiger partial charge in [0.25, 0.3) is 0 Å². The number of alkyl halides is 1. The molecule has 0 unspecified atom stereocenters. The van der Waals surface area contributed by atoms with E-state index in [1.165, 1.54) is 6.92 Å². The van der Waals surface area contributed by atoms with E-state index in [4.69, 9.17) is 49.0 Å². The lowest BCUT2D eigenvalue weighted by atomic mass is 9.78. The Labute approximate surface area is 206 Å². The van der Waals surface area contributed by atoms with Gasteiger partial charge in [-0.2, -0.15) is 0 Å². The second kappa shape index (κ2) is 12.0. The number of hydrogen-bond acceptors (Lipinski definition) is 4. The summed E-state index contributed by atoms with van der Waals surface area (Å²) in [5, 5.41) is 1.05. The van der Waals surface area contributed by atoms with E-state index >= 15 is 0 Å². The molecule has 2 atom stereocenters. The molecule has 0 aromatic heterocycles. The second-order valence-electron chi connectivity index (χ2n) is 8.44. The topological polar surface area (TPSA) is 44.8 Å². The minimum Gasteiger partial charge on any atom is -0.492 e. The van der Waals surface area contributed by atoms with E-state index < -0.39 is 12.1 Å². The third kappa shape index (κ3) is 7.19. The number of hydrogen-bond donors (Lipinski definition) is 0. The van der Waals surface area contributed by atoms with Crippen LogP contribution in [0, 0.1) is 5.92 Å². The van der Waals surface area contributed by atoms with E-state index in [9.17, 15) is 4.79 Å². The lowest BCUT2D eigenvalue weighted by Crippen LogP contribution is -2.25. The first kappa shape index (κ1) is 26.6. The molecule has 7 heteroatoms. The Morgan fingerprint density at radius 2 is 1.47 bits per heavy atom. The average molecular weight is 502 g/mol. The molecule has 0 bridgehead atoms. The van der Waals surface area contributed by atoms with Gasteiger partial charge in [0.2, 0.25) is 0 Å². The molecule has 0 aliphatic heterocycles. The molecule has 2 aromatic carbocycles. The van der Waals surface area contributed by atoms with Crippen molar-refractivity contribution in [3.63, 3.8) is 0 Å². The van der Waals surface area contributed by atoms with Crippen LogP contribution in [0.2, 0.25) is 10.0 Å². The van der Waals surface area contributed by atoms with E-state index in [1.807, 2.05) is 36.4 Å². The van der Waals surface area contributed by atoms with Gasteiger partial charge in [-0.3, -0.25) is 4.79 Å². The number of ether oxygens (including phenoxy) is 3. The molecule has 0 radical (unpaired) electrons. The number of halogens is 3. The molecule has 0 heterocycles. The van der Waals surface area contributed by atoms with Crippen LogP contribution in [0.15, 0.2) is 36.4 Å². The maximum Gasteiger partial charge on any atom is 0.303 e. The van der Waals surface area contributed by atoms with Gasteiger partial charge >= 0.3 is 5.97 Å². The summed E-state index contributed by atoms with van der Waals surface area (Å²) in [6.07, 6.45) is 0.518. The summed E-state index contributed by atoms with van der Waals surface area (Å²) >= 11 is 18.8. The fourth-order valence-electron chi connectivity index (χ4n) is 3.06. The minimum atomic E-state index is -0.537. The molecule has 2 aromatic rings. The SMILES string of the molecule is CC[C@@H](C)COc1ccc(C(C)(C)c2ccc(OC[C@@H](CCl)OC(C)=O)c(Cl)c2)cc1Cl. The highest BCUT2D eigenvalue weighted by atomic mass is 35.5. The number of carbonyl (C=O) groups is 1. The van der Waals surface area contributed by atoms with Crippen molar-refractivity contribution in [1.82, 2.24) is 0 Å². The van der Waals surface area contributed by atoms with E-state index in [-0.39, 0.29) is 17.9 Å². The van der Waals surface area contributed by atoms with Crippen LogP contribution in [0.25, 0.3) is 0 Å². The summed E-state index contributed by atoms with van der Waals surface area (Å²) in [7, 11) is 0. The highest BCUT2D eigenvalue weighted by Crippen LogP contribution is 2.38. The van der Waals surface area contributed by atoms with Crippen molar-refractivity contribution >= 4 is 40.8 Å². The van der Waals surface area contributed by atoms with Gasteiger partial charge in [-0.25, -0.2) is 0 Å². The van der Waals surface area contributed by atoms with Crippen molar-refractivity contribution in [2.24, 2.45) is 5.92 Å². The van der Waals surface area contributed by atoms with E-state index in [0.29, 0.717) is 34.1 Å². The van der Waals surface area contributed by atoms with Crippen LogP contribution in [-0.2, 0) is 14.9 Å². The number of esters is 1. The van der Waals surface area contributed by atoms with Crippen molar-refractivity contribution in [2.75, 3.05) is 19.1 Å². The molecule has 0 spiro atoms. The fraction of sp³-hybridized carbons (Fsp3) is 0.480. The largest absolute Gasteiger partial charge is 0.492 e. The second-order valence-corrected chi connectivity index (χ2v) is 9.56. The van der Waals surface area contributed by atoms with Crippen LogP contribution in [0.5, 0.6) is 11.5 Å². The van der Waals surface area contributed by atoms with Crippen molar-refractivity contribution < 1.29 is 19.0 Å². The molecule has 0 N–H and O–H groups in total. The summed E-state index contributed by atoms with van der Waals surface area (Å²) in [6, 6.07) is 11.5. The zero-order valence-electron chi connectivity index (χ0n) is 19.2. The predicted molar refractivity (Wildman–Crippen MR) is 132 cm³/mol. The Morgan fingerprint density at radius 3 is 1.88 bits per heavy atom. The third-order valence-corrected chi connectivity index (χ3v) is 6.39. The van der Waals surface area contributed by atoms with Crippen LogP contribution in [0.4, 0.5) is 0 Å². The molecule has 0 saturated carbocycles. The van der Waals surface area contributed by atoms with Crippen LogP contribution < -0.4 is 9.47 Å². The van der Waals surface area contributed by atoms with Gasteiger partial charge in [0.1, 0.15) is 24.2 Å². The first-order valence-electron chi connectivity index (χ1n) is 10.7. The zero-order chi connectivity index (χ0) is 23.9. The van der Waals surface area contributed by atoms with Crippen molar-refractivity contribution in [2.45, 2.75) is 52.6 Å². The Morgan fingerprint density at radius 1 is 0.969 bits per heavy atom. The van der Waals surface area contributed by atoms with Crippen molar-refractivity contribution in [1.29, 1.82) is 0 Å². The summed E-state index contributed by atoms with van der Waals surface area (Å²) in [5.74, 6) is 1.39. The van der Waals surface area contributed by atoms with E-state index in [2.05, 4.69) is 27.7 Å². The Balaban J connectivity index is 2.15. The number of benzene rings is 2. The molecule has 4 nitrogen and oxygen atoms in total. The molecule has 2 rings (SSSR count). The normalized spacial score (nSPS) is 13.4. The lowest BCUT2D eigenvalue weighted by Gasteiger charge is -2.27. The highest BCUT2D eigenvalue weighted by Gasteiger charge is 2.25. The molecule has 0 amide bonds. The molecule has 0 saturated heterocycles. The van der Waals surface area contributed by atoms with Crippen LogP contribution >= 0.6 is 34.8 Å². The minimum absolute atomic E-state index is 0.124. The van der Waals surface area contributed by atoms with Gasteiger partial charge in [0.15, 0.2) is 0 Å². The van der Waals surface area contributed by atoms with Gasteiger partial charge in [-0.1, -0.05) is 69.5 Å². The molecule has 32 heavy (non-hydrogen) atoms. The number of carbonyl (C=O) groups excluding carboxylic acids is 1. The average Bonchev–Trinajstić information content (AvgIpc) is 2.75. The maximum absolute atomic E-state index is 11.1. The number of rotatable bonds is 11. The Bertz CT molecular complexity index is 914. The highest BCUT2D eigenvalue weighted by molar-refractivity contribution is 6.32. The zero-order valence-corrected chi connectivity index (χ0v) is 21.5. The molecular weight excluding hydrogens is 471 g/mol. The molecule has 0 aliphatic rings. The van der Waals surface area contributed by atoms with Crippen molar-refractivity contribution in [3.8, 4) is 11.5 Å². The van der Waals surface area contributed by atoms with Gasteiger partial charge in [-0.05, 0) is 41.3 Å². The quantitative estimate of drug-likeness (QED) is 0.239. The summed E-state index contributed by atoms with van der Waals surface area (Å²) < 4.78 is 16.7. The summed E-state index contributed by atoms with van der Waals surface area (Å²) in [4.78, 5) is 11.1. The van der Waals surface area contributed by atoms with E-state index in [1.54, 1.807) is 0 Å². The van der Waals surface area contributed by atoms with Crippen LogP contribution in [0.3, 0.4) is 0 Å². The van der Waals surface area contributed by atoms with Gasteiger partial charge < -0.3 is 14.2 Å². The molecule has 176 valence electrons. The van der Waals surface area contributed by atoms with E-state index in [0.717, 1.165) is 17.5 Å². The Hall–Kier alpha value is -1.62. The van der Waals surface area contributed by atoms with Gasteiger partial charge in [0, 0.05) is 12.3 Å². The summed E-state index contributed by atoms with van der Waals surface area (Å²) in [5.41, 5.74) is 1.70. The van der Waals surface area contributed by atoms with Crippen LogP contribution in [-0.4, -0.2) is 31.2 Å². The van der Waals surface area contributed by atoms with Crippen LogP contribution in [0.1, 0.15) is 52.2 Å². The Kier molecular flexibility index (Phi) is 10.00. The lowest BCUT2D eigenvalue weighted by molar-refractivity contribution is -0.146. The summed E-state index contributed by atoms with van der Waals surface area (Å²) in [6.45, 7) is 10.6. The smallest absolute Gasteiger partial charge is 0.303 e. The third-order valence-electron chi connectivity index (χ3n) is 5.46. The monoisotopic (exact) mass is 500 g/mol. The molecule has 0 aliphatic carbocycles. The maximum atomic E-state index is 11.1. The fourth-order valence-corrected chi connectivity index (χ4v) is 3.68. The van der Waals surface area contributed by atoms with Gasteiger partial charge in [-0.15, -0.1) is 11.6 Å². The first-order valence-corrected chi connectivity index (χ1v) is 12.0. The van der Waals surface area contributed by atoms with Gasteiger partial charge in [0.05, 0.1) is 22.5 Å².